The van der Waals surface area contributed by atoms with Crippen molar-refractivity contribution in [1.29, 1.82) is 0 Å². The average molecular weight is 707 g/mol. The maximum absolute atomic E-state index is 10.7. The number of likely N-dealkylation sites (N-methyl/N-ethyl adjacent to an activating group) is 1. The normalized spacial score (nSPS) is 13.8. The summed E-state index contributed by atoms with van der Waals surface area (Å²) in [6.07, 6.45) is 11.2. The van der Waals surface area contributed by atoms with E-state index in [0.29, 0.717) is 0 Å². The topological polar surface area (TPSA) is 88.3 Å². The van der Waals surface area contributed by atoms with Crippen molar-refractivity contribution in [2.75, 3.05) is 18.5 Å². The van der Waals surface area contributed by atoms with Gasteiger partial charge in [0.15, 0.2) is 0 Å². The minimum absolute atomic E-state index is 0.00965. The van der Waals surface area contributed by atoms with E-state index in [0.717, 1.165) is 39.0 Å². The van der Waals surface area contributed by atoms with Crippen LogP contribution in [0.15, 0.2) is 103 Å². The number of aromatic nitrogens is 3. The van der Waals surface area contributed by atoms with E-state index in [9.17, 15) is 13.2 Å². The van der Waals surface area contributed by atoms with Gasteiger partial charge in [-0.05, 0) is 60.2 Å². The van der Waals surface area contributed by atoms with Crippen molar-refractivity contribution in [1.82, 2.24) is 14.5 Å². The summed E-state index contributed by atoms with van der Waals surface area (Å²) in [5.74, 6) is -0.00965. The van der Waals surface area contributed by atoms with Crippen LogP contribution in [-0.2, 0) is 17.2 Å². The molecule has 0 spiro atoms. The van der Waals surface area contributed by atoms with Crippen molar-refractivity contribution in [2.45, 2.75) is 11.4 Å². The maximum atomic E-state index is 10.7. The van der Waals surface area contributed by atoms with Crippen LogP contribution in [0.5, 0.6) is 0 Å². The van der Waals surface area contributed by atoms with Gasteiger partial charge in [-0.15, -0.1) is 22.7 Å². The van der Waals surface area contributed by atoms with E-state index >= 15 is 0 Å². The predicted octanol–water partition coefficient (Wildman–Crippen LogP) is 9.03. The first-order valence-electron chi connectivity index (χ1n) is 14.7. The van der Waals surface area contributed by atoms with Gasteiger partial charge in [0.25, 0.3) is 0 Å². The van der Waals surface area contributed by atoms with Gasteiger partial charge in [-0.1, -0.05) is 60.7 Å². The fourth-order valence-corrected chi connectivity index (χ4v) is 7.39. The van der Waals surface area contributed by atoms with Crippen LogP contribution in [0.2, 0.25) is 0 Å². The Morgan fingerprint density at radius 3 is 1.88 bits per heavy atom. The molecule has 7 nitrogen and oxygen atoms in total. The lowest BCUT2D eigenvalue weighted by atomic mass is 9.99. The van der Waals surface area contributed by atoms with Crippen molar-refractivity contribution in [2.24, 2.45) is 7.05 Å². The van der Waals surface area contributed by atoms with E-state index < -0.39 is 15.6 Å². The highest BCUT2D eigenvalue weighted by Gasteiger charge is 2.44. The number of rotatable bonds is 6. The Labute approximate surface area is 283 Å². The van der Waals surface area contributed by atoms with Gasteiger partial charge >= 0.3 is 15.6 Å². The zero-order chi connectivity index (χ0) is 34.1. The number of hydrogen-bond donors (Lipinski definition) is 1. The summed E-state index contributed by atoms with van der Waals surface area (Å²) in [5.41, 5.74) is 2.66. The monoisotopic (exact) mass is 706 g/mol. The molecule has 0 aliphatic carbocycles. The molecule has 1 aliphatic rings. The molecule has 246 valence electrons. The molecule has 0 atom stereocenters. The Balaban J connectivity index is 0.000000449. The molecule has 0 bridgehead atoms. The molecule has 1 aliphatic heterocycles. The molecule has 1 N–H and O–H groups in total. The smallest absolute Gasteiger partial charge is 0.370 e. The number of hydrogen-bond acceptors (Lipinski definition) is 7. The first-order chi connectivity index (χ1) is 22.9. The second kappa shape index (κ2) is 13.5. The molecular formula is C35H29F3N4O3S3. The largest absolute Gasteiger partial charge is 0.522 e. The molecule has 4 heterocycles. The van der Waals surface area contributed by atoms with E-state index in [-0.39, 0.29) is 5.92 Å². The van der Waals surface area contributed by atoms with Crippen LogP contribution in [0.3, 0.4) is 0 Å². The van der Waals surface area contributed by atoms with Crippen LogP contribution in [-0.4, -0.2) is 46.6 Å². The molecule has 3 aromatic heterocycles. The fourth-order valence-electron chi connectivity index (χ4n) is 5.22. The van der Waals surface area contributed by atoms with E-state index in [2.05, 4.69) is 127 Å². The van der Waals surface area contributed by atoms with Crippen LogP contribution in [0, 0.1) is 0 Å². The first kappa shape index (κ1) is 33.3. The van der Waals surface area contributed by atoms with E-state index in [1.807, 2.05) is 12.1 Å². The summed E-state index contributed by atoms with van der Waals surface area (Å²) in [7, 11) is -1.57. The maximum Gasteiger partial charge on any atom is 0.522 e. The first-order valence-corrected chi connectivity index (χ1v) is 17.7. The Morgan fingerprint density at radius 2 is 1.31 bits per heavy atom. The molecular weight excluding hydrogens is 678 g/mol. The van der Waals surface area contributed by atoms with Gasteiger partial charge in [0.05, 0.1) is 26.4 Å². The second-order valence-electron chi connectivity index (χ2n) is 10.9. The highest BCUT2D eigenvalue weighted by Crippen LogP contribution is 2.37. The average Bonchev–Trinajstić information content (AvgIpc) is 3.77. The zero-order valence-corrected chi connectivity index (χ0v) is 28.1. The summed E-state index contributed by atoms with van der Waals surface area (Å²) >= 11 is 3.50. The third-order valence-electron chi connectivity index (χ3n) is 7.75. The molecule has 0 saturated heterocycles. The van der Waals surface area contributed by atoms with Crippen LogP contribution in [0.1, 0.15) is 32.9 Å². The van der Waals surface area contributed by atoms with E-state index in [4.69, 9.17) is 22.9 Å². The third-order valence-corrected chi connectivity index (χ3v) is 10.6. The van der Waals surface area contributed by atoms with Gasteiger partial charge in [-0.2, -0.15) is 21.6 Å². The second-order valence-corrected chi connectivity index (χ2v) is 14.5. The van der Waals surface area contributed by atoms with E-state index in [1.165, 1.54) is 26.2 Å². The Kier molecular flexibility index (Phi) is 9.39. The number of benzene rings is 3. The highest BCUT2D eigenvalue weighted by molar-refractivity contribution is 7.86. The predicted molar refractivity (Wildman–Crippen MR) is 190 cm³/mol. The number of thiazole rings is 2. The molecule has 0 unspecified atom stereocenters. The Bertz CT molecular complexity index is 2160. The van der Waals surface area contributed by atoms with Crippen molar-refractivity contribution in [3.05, 3.63) is 130 Å². The molecule has 3 aromatic carbocycles. The summed E-state index contributed by atoms with van der Waals surface area (Å²) in [5, 5.41) is 2.14. The lowest BCUT2D eigenvalue weighted by Crippen LogP contribution is -2.21. The summed E-state index contributed by atoms with van der Waals surface area (Å²) < 4.78 is 62.2. The number of nitrogens with zero attached hydrogens (tertiary/aromatic N) is 4. The molecule has 0 saturated carbocycles. The number of allylic oxidation sites excluding steroid dienone is 3. The molecule has 48 heavy (non-hydrogen) atoms. The van der Waals surface area contributed by atoms with Gasteiger partial charge in [0.1, 0.15) is 10.0 Å². The minimum Gasteiger partial charge on any atom is -0.370 e. The molecule has 0 fully saturated rings. The molecule has 7 rings (SSSR count). The van der Waals surface area contributed by atoms with Gasteiger partial charge in [0, 0.05) is 43.3 Å². The highest BCUT2D eigenvalue weighted by atomic mass is 32.2. The lowest BCUT2D eigenvalue weighted by molar-refractivity contribution is -0.0510. The van der Waals surface area contributed by atoms with Crippen molar-refractivity contribution < 1.29 is 26.1 Å². The van der Waals surface area contributed by atoms with E-state index in [1.54, 1.807) is 22.7 Å². The van der Waals surface area contributed by atoms with Gasteiger partial charge in [-0.3, -0.25) is 4.55 Å². The minimum atomic E-state index is -5.84. The van der Waals surface area contributed by atoms with Crippen molar-refractivity contribution in [3.63, 3.8) is 0 Å². The third kappa shape index (κ3) is 7.14. The van der Waals surface area contributed by atoms with Crippen LogP contribution in [0.25, 0.3) is 38.2 Å². The summed E-state index contributed by atoms with van der Waals surface area (Å²) in [6.45, 7) is 0.913. The number of fused-ring (bicyclic) bond motifs is 3. The Morgan fingerprint density at radius 1 is 0.792 bits per heavy atom. The molecule has 0 amide bonds. The van der Waals surface area contributed by atoms with Crippen molar-refractivity contribution >= 4 is 76.6 Å². The van der Waals surface area contributed by atoms with Crippen LogP contribution < -0.4 is 4.90 Å². The van der Waals surface area contributed by atoms with Crippen LogP contribution >= 0.6 is 22.7 Å². The molecule has 6 aromatic rings. The van der Waals surface area contributed by atoms with Gasteiger partial charge in [-0.25, -0.2) is 9.97 Å². The number of halogens is 3. The zero-order valence-electron chi connectivity index (χ0n) is 25.7. The quantitative estimate of drug-likeness (QED) is 0.137. The number of anilines is 1. The van der Waals surface area contributed by atoms with Crippen molar-refractivity contribution in [3.8, 4) is 0 Å². The summed E-state index contributed by atoms with van der Waals surface area (Å²) in [4.78, 5) is 12.3. The van der Waals surface area contributed by atoms with Crippen LogP contribution in [0.4, 0.5) is 18.9 Å². The van der Waals surface area contributed by atoms with Gasteiger partial charge < -0.3 is 9.47 Å². The standard InChI is InChI=1S/C34H28N4S2.CHF3O3S/c1-37-22-21-23(26-9-3-6-12-30(26)37)15-16-24-17-18-25(38(24)2)19-20-27(33-35-28-10-4-7-13-31(28)39-33)34-36-29-11-5-8-14-32(29)40-34;2-1(3,4)8(5,6)7/h3-21,27H,22H2,1-2H3;(H,5,6,7). The molecule has 13 heteroatoms. The fraction of sp³-hybridized carbons (Fsp3) is 0.143. The number of para-hydroxylation sites is 3. The summed E-state index contributed by atoms with van der Waals surface area (Å²) in [6, 6.07) is 29.7. The lowest BCUT2D eigenvalue weighted by Gasteiger charge is -2.26. The Hall–Kier alpha value is -4.56. The SMILES string of the molecule is CN1CC=C(C=Cc2ccc(C=CC(c3nc4ccccc4s3)c3nc4ccccc4s3)n2C)c2ccccc21.O=S(=O)(O)C(F)(F)F. The number of alkyl halides is 3. The molecule has 0 radical (unpaired) electrons. The van der Waals surface area contributed by atoms with Gasteiger partial charge in [0.2, 0.25) is 0 Å².